The number of pyridine rings is 1. The van der Waals surface area contributed by atoms with Crippen LogP contribution in [0.3, 0.4) is 0 Å². The molecule has 0 N–H and O–H groups in total. The Bertz CT molecular complexity index is 423. The van der Waals surface area contributed by atoms with E-state index in [9.17, 15) is 4.79 Å². The van der Waals surface area contributed by atoms with Gasteiger partial charge in [0.15, 0.2) is 18.9 Å². The summed E-state index contributed by atoms with van der Waals surface area (Å²) < 4.78 is 2.09. The molecule has 1 aromatic heterocycles. The minimum atomic E-state index is 0. The fourth-order valence-electron chi connectivity index (χ4n) is 2.95. The summed E-state index contributed by atoms with van der Waals surface area (Å²) in [6, 6.07) is 4.96. The number of rotatable bonds is 3. The Morgan fingerprint density at radius 2 is 1.80 bits per heavy atom. The molecular formula is C16H25BrN2O. The van der Waals surface area contributed by atoms with Gasteiger partial charge in [0.1, 0.15) is 0 Å². The highest BCUT2D eigenvalue weighted by atomic mass is 79.9. The van der Waals surface area contributed by atoms with Gasteiger partial charge in [0, 0.05) is 24.2 Å². The molecular weight excluding hydrogens is 316 g/mol. The number of amides is 1. The highest BCUT2D eigenvalue weighted by Gasteiger charge is 2.28. The van der Waals surface area contributed by atoms with Crippen LogP contribution in [0.15, 0.2) is 24.5 Å². The van der Waals surface area contributed by atoms with E-state index in [1.165, 1.54) is 12.0 Å². The first-order valence-electron chi connectivity index (χ1n) is 7.35. The van der Waals surface area contributed by atoms with Crippen molar-refractivity contribution in [3.05, 3.63) is 30.1 Å². The molecule has 1 fully saturated rings. The lowest BCUT2D eigenvalue weighted by Crippen LogP contribution is -3.00. The predicted octanol–water partition coefficient (Wildman–Crippen LogP) is -0.534. The Labute approximate surface area is 132 Å². The van der Waals surface area contributed by atoms with Gasteiger partial charge in [-0.05, 0) is 45.6 Å². The molecule has 20 heavy (non-hydrogen) atoms. The van der Waals surface area contributed by atoms with Gasteiger partial charge in [0.25, 0.3) is 0 Å². The summed E-state index contributed by atoms with van der Waals surface area (Å²) in [5, 5.41) is 0. The third-order valence-corrected chi connectivity index (χ3v) is 4.12. The first-order valence-corrected chi connectivity index (χ1v) is 7.35. The second-order valence-electron chi connectivity index (χ2n) is 5.79. The topological polar surface area (TPSA) is 24.2 Å². The van der Waals surface area contributed by atoms with Crippen molar-refractivity contribution in [1.82, 2.24) is 4.90 Å². The van der Waals surface area contributed by atoms with Crippen LogP contribution < -0.4 is 21.5 Å². The van der Waals surface area contributed by atoms with Crippen LogP contribution in [0.2, 0.25) is 0 Å². The monoisotopic (exact) mass is 340 g/mol. The lowest BCUT2D eigenvalue weighted by Gasteiger charge is -2.39. The molecule has 0 aliphatic carbocycles. The van der Waals surface area contributed by atoms with Gasteiger partial charge in [-0.3, -0.25) is 4.79 Å². The first kappa shape index (κ1) is 17.2. The Morgan fingerprint density at radius 1 is 1.25 bits per heavy atom. The molecule has 0 bridgehead atoms. The zero-order valence-corrected chi connectivity index (χ0v) is 14.3. The molecule has 2 heterocycles. The molecule has 1 aliphatic rings. The third-order valence-electron chi connectivity index (χ3n) is 4.12. The molecule has 2 atom stereocenters. The summed E-state index contributed by atoms with van der Waals surface area (Å²) in [4.78, 5) is 14.5. The van der Waals surface area contributed by atoms with E-state index >= 15 is 0 Å². The number of aromatic nitrogens is 1. The predicted molar refractivity (Wildman–Crippen MR) is 75.6 cm³/mol. The number of carbonyl (C=O) groups is 1. The lowest BCUT2D eigenvalue weighted by molar-refractivity contribution is -0.696. The van der Waals surface area contributed by atoms with Gasteiger partial charge in [-0.25, -0.2) is 4.57 Å². The number of hydrogen-bond acceptors (Lipinski definition) is 1. The van der Waals surface area contributed by atoms with Crippen molar-refractivity contribution < 1.29 is 26.3 Å². The third kappa shape index (κ3) is 4.30. The molecule has 1 saturated heterocycles. The lowest BCUT2D eigenvalue weighted by atomic mass is 9.97. The maximum atomic E-state index is 12.4. The highest BCUT2D eigenvalue weighted by Crippen LogP contribution is 2.23. The maximum Gasteiger partial charge on any atom is 0.229 e. The van der Waals surface area contributed by atoms with Crippen LogP contribution in [0.4, 0.5) is 0 Å². The van der Waals surface area contributed by atoms with Gasteiger partial charge in [-0.15, -0.1) is 0 Å². The molecule has 3 nitrogen and oxygen atoms in total. The van der Waals surface area contributed by atoms with E-state index in [1.54, 1.807) is 0 Å². The van der Waals surface area contributed by atoms with Crippen LogP contribution in [0.1, 0.15) is 45.1 Å². The molecule has 0 saturated carbocycles. The van der Waals surface area contributed by atoms with Crippen LogP contribution >= 0.6 is 0 Å². The molecule has 0 radical (unpaired) electrons. The summed E-state index contributed by atoms with van der Waals surface area (Å²) in [7, 11) is 0. The number of hydrogen-bond donors (Lipinski definition) is 0. The van der Waals surface area contributed by atoms with Gasteiger partial charge in [0.2, 0.25) is 5.91 Å². The Hall–Kier alpha value is -0.900. The van der Waals surface area contributed by atoms with E-state index in [4.69, 9.17) is 0 Å². The standard InChI is InChI=1S/C16H25N2O.BrH/c1-13-7-10-17(11-8-13)12-9-16(19)18-14(2)5-4-6-15(18)3;/h7-8,10-11,14-15H,4-6,9,12H2,1-3H3;1H/q+1;/p-1. The molecule has 1 aliphatic heterocycles. The van der Waals surface area contributed by atoms with Crippen LogP contribution in [-0.2, 0) is 11.3 Å². The number of aryl methyl sites for hydroxylation is 2. The summed E-state index contributed by atoms with van der Waals surface area (Å²) in [5.41, 5.74) is 1.25. The van der Waals surface area contributed by atoms with E-state index in [1.807, 2.05) is 12.4 Å². The second kappa shape index (κ2) is 7.77. The fourth-order valence-corrected chi connectivity index (χ4v) is 2.95. The second-order valence-corrected chi connectivity index (χ2v) is 5.79. The SMILES string of the molecule is Cc1cc[n+](CCC(=O)N2C(C)CCCC2C)cc1.[Br-]. The zero-order valence-electron chi connectivity index (χ0n) is 12.7. The summed E-state index contributed by atoms with van der Waals surface area (Å²) in [6.07, 6.45) is 8.24. The maximum absolute atomic E-state index is 12.4. The van der Waals surface area contributed by atoms with Crippen LogP contribution in [0.25, 0.3) is 0 Å². The quantitative estimate of drug-likeness (QED) is 0.678. The van der Waals surface area contributed by atoms with Crippen LogP contribution in [-0.4, -0.2) is 22.9 Å². The van der Waals surface area contributed by atoms with Crippen molar-refractivity contribution in [3.63, 3.8) is 0 Å². The van der Waals surface area contributed by atoms with Gasteiger partial charge >= 0.3 is 0 Å². The highest BCUT2D eigenvalue weighted by molar-refractivity contribution is 5.76. The molecule has 112 valence electrons. The Balaban J connectivity index is 0.00000200. The minimum Gasteiger partial charge on any atom is -1.00 e. The van der Waals surface area contributed by atoms with E-state index in [2.05, 4.69) is 42.4 Å². The summed E-state index contributed by atoms with van der Waals surface area (Å²) >= 11 is 0. The van der Waals surface area contributed by atoms with Crippen molar-refractivity contribution in [1.29, 1.82) is 0 Å². The van der Waals surface area contributed by atoms with Crippen molar-refractivity contribution >= 4 is 5.91 Å². The van der Waals surface area contributed by atoms with Crippen LogP contribution in [0, 0.1) is 6.92 Å². The fraction of sp³-hybridized carbons (Fsp3) is 0.625. The van der Waals surface area contributed by atoms with Gasteiger partial charge < -0.3 is 21.9 Å². The molecule has 4 heteroatoms. The molecule has 2 unspecified atom stereocenters. The average molecular weight is 341 g/mol. The normalized spacial score (nSPS) is 22.2. The van der Waals surface area contributed by atoms with Crippen molar-refractivity contribution in [2.75, 3.05) is 0 Å². The summed E-state index contributed by atoms with van der Waals surface area (Å²) in [5.74, 6) is 0.299. The van der Waals surface area contributed by atoms with E-state index < -0.39 is 0 Å². The molecule has 1 aromatic rings. The molecule has 2 rings (SSSR count). The number of nitrogens with zero attached hydrogens (tertiary/aromatic N) is 2. The number of likely N-dealkylation sites (tertiary alicyclic amines) is 1. The first-order chi connectivity index (χ1) is 9.08. The van der Waals surface area contributed by atoms with E-state index in [0.717, 1.165) is 19.4 Å². The Kier molecular flexibility index (Phi) is 6.66. The van der Waals surface area contributed by atoms with Gasteiger partial charge in [0.05, 0.1) is 6.42 Å². The largest absolute Gasteiger partial charge is 1.00 e. The zero-order chi connectivity index (χ0) is 13.8. The number of carbonyl (C=O) groups excluding carboxylic acids is 1. The molecule has 0 aromatic carbocycles. The van der Waals surface area contributed by atoms with Crippen molar-refractivity contribution in [2.24, 2.45) is 0 Å². The van der Waals surface area contributed by atoms with Crippen LogP contribution in [0.5, 0.6) is 0 Å². The Morgan fingerprint density at radius 3 is 2.35 bits per heavy atom. The minimum absolute atomic E-state index is 0. The van der Waals surface area contributed by atoms with Gasteiger partial charge in [-0.1, -0.05) is 0 Å². The number of piperidine rings is 1. The average Bonchev–Trinajstić information content (AvgIpc) is 2.38. The van der Waals surface area contributed by atoms with E-state index in [-0.39, 0.29) is 17.0 Å². The van der Waals surface area contributed by atoms with Crippen molar-refractivity contribution in [2.45, 2.75) is 65.1 Å². The van der Waals surface area contributed by atoms with Gasteiger partial charge in [-0.2, -0.15) is 0 Å². The van der Waals surface area contributed by atoms with Crippen molar-refractivity contribution in [3.8, 4) is 0 Å². The smallest absolute Gasteiger partial charge is 0.229 e. The molecule has 1 amide bonds. The molecule has 0 spiro atoms. The summed E-state index contributed by atoms with van der Waals surface area (Å²) in [6.45, 7) is 7.20. The number of halogens is 1. The van der Waals surface area contributed by atoms with E-state index in [0.29, 0.717) is 24.4 Å².